The molecule has 0 saturated heterocycles. The van der Waals surface area contributed by atoms with E-state index in [1.807, 2.05) is 0 Å². The SMILES string of the molecule is CCC(C)(N)C(=O)NCc1cccc(C(F)(F)F)c1. The van der Waals surface area contributed by atoms with Crippen molar-refractivity contribution < 1.29 is 18.0 Å². The van der Waals surface area contributed by atoms with Crippen LogP contribution in [0, 0.1) is 0 Å². The van der Waals surface area contributed by atoms with E-state index in [4.69, 9.17) is 5.73 Å². The van der Waals surface area contributed by atoms with Gasteiger partial charge in [-0.3, -0.25) is 4.79 Å². The van der Waals surface area contributed by atoms with Gasteiger partial charge in [0.2, 0.25) is 5.91 Å². The molecule has 0 bridgehead atoms. The van der Waals surface area contributed by atoms with Crippen LogP contribution in [0.3, 0.4) is 0 Å². The minimum Gasteiger partial charge on any atom is -0.350 e. The Morgan fingerprint density at radius 3 is 2.53 bits per heavy atom. The Hall–Kier alpha value is -1.56. The number of benzene rings is 1. The van der Waals surface area contributed by atoms with Crippen LogP contribution in [0.15, 0.2) is 24.3 Å². The van der Waals surface area contributed by atoms with Crippen molar-refractivity contribution in [2.24, 2.45) is 5.73 Å². The first-order chi connectivity index (χ1) is 8.66. The largest absolute Gasteiger partial charge is 0.416 e. The Kier molecular flexibility index (Phi) is 4.57. The van der Waals surface area contributed by atoms with Crippen molar-refractivity contribution in [3.05, 3.63) is 35.4 Å². The first-order valence-electron chi connectivity index (χ1n) is 5.90. The third kappa shape index (κ3) is 4.24. The molecule has 3 nitrogen and oxygen atoms in total. The van der Waals surface area contributed by atoms with Gasteiger partial charge >= 0.3 is 6.18 Å². The van der Waals surface area contributed by atoms with Crippen LogP contribution in [0.4, 0.5) is 13.2 Å². The Bertz CT molecular complexity index is 455. The third-order valence-corrected chi connectivity index (χ3v) is 2.96. The van der Waals surface area contributed by atoms with Crippen LogP contribution in [0.2, 0.25) is 0 Å². The second-order valence-corrected chi connectivity index (χ2v) is 4.65. The molecule has 0 spiro atoms. The Morgan fingerprint density at radius 2 is 2.00 bits per heavy atom. The van der Waals surface area contributed by atoms with Crippen LogP contribution in [-0.4, -0.2) is 11.4 Å². The second-order valence-electron chi connectivity index (χ2n) is 4.65. The number of amides is 1. The molecule has 0 aromatic heterocycles. The minimum atomic E-state index is -4.38. The summed E-state index contributed by atoms with van der Waals surface area (Å²) >= 11 is 0. The summed E-state index contributed by atoms with van der Waals surface area (Å²) in [5.41, 5.74) is 4.37. The Labute approximate surface area is 110 Å². The van der Waals surface area contributed by atoms with Crippen LogP contribution in [0.25, 0.3) is 0 Å². The molecule has 0 aliphatic carbocycles. The lowest BCUT2D eigenvalue weighted by Crippen LogP contribution is -2.50. The van der Waals surface area contributed by atoms with Gasteiger partial charge in [0.05, 0.1) is 11.1 Å². The number of nitrogens with one attached hydrogen (secondary N) is 1. The zero-order valence-corrected chi connectivity index (χ0v) is 10.8. The molecule has 0 saturated carbocycles. The third-order valence-electron chi connectivity index (χ3n) is 2.96. The summed E-state index contributed by atoms with van der Waals surface area (Å²) in [6.07, 6.45) is -3.94. The van der Waals surface area contributed by atoms with Crippen LogP contribution < -0.4 is 11.1 Å². The molecule has 1 amide bonds. The van der Waals surface area contributed by atoms with Crippen molar-refractivity contribution >= 4 is 5.91 Å². The fourth-order valence-electron chi connectivity index (χ4n) is 1.40. The lowest BCUT2D eigenvalue weighted by molar-refractivity contribution is -0.137. The molecule has 19 heavy (non-hydrogen) atoms. The van der Waals surface area contributed by atoms with Crippen molar-refractivity contribution in [1.29, 1.82) is 0 Å². The molecule has 3 N–H and O–H groups in total. The summed E-state index contributed by atoms with van der Waals surface area (Å²) < 4.78 is 37.5. The van der Waals surface area contributed by atoms with E-state index in [9.17, 15) is 18.0 Å². The molecule has 0 aliphatic heterocycles. The highest BCUT2D eigenvalue weighted by Crippen LogP contribution is 2.29. The van der Waals surface area contributed by atoms with Gasteiger partial charge in [-0.1, -0.05) is 19.1 Å². The predicted molar refractivity (Wildman–Crippen MR) is 66.2 cm³/mol. The number of rotatable bonds is 4. The number of alkyl halides is 3. The summed E-state index contributed by atoms with van der Waals surface area (Å²) in [7, 11) is 0. The lowest BCUT2D eigenvalue weighted by Gasteiger charge is -2.21. The average Bonchev–Trinajstić information content (AvgIpc) is 2.35. The number of hydrogen-bond donors (Lipinski definition) is 2. The molecule has 6 heteroatoms. The average molecular weight is 274 g/mol. The topological polar surface area (TPSA) is 55.1 Å². The molecule has 1 unspecified atom stereocenters. The van der Waals surface area contributed by atoms with Crippen molar-refractivity contribution in [3.8, 4) is 0 Å². The highest BCUT2D eigenvalue weighted by atomic mass is 19.4. The van der Waals surface area contributed by atoms with Crippen molar-refractivity contribution in [2.45, 2.75) is 38.5 Å². The molecule has 106 valence electrons. The maximum Gasteiger partial charge on any atom is 0.416 e. The van der Waals surface area contributed by atoms with E-state index in [2.05, 4.69) is 5.32 Å². The van der Waals surface area contributed by atoms with Crippen molar-refractivity contribution in [3.63, 3.8) is 0 Å². The fraction of sp³-hybridized carbons (Fsp3) is 0.462. The van der Waals surface area contributed by atoms with E-state index < -0.39 is 17.3 Å². The van der Waals surface area contributed by atoms with Crippen molar-refractivity contribution in [1.82, 2.24) is 5.32 Å². The fourth-order valence-corrected chi connectivity index (χ4v) is 1.40. The maximum absolute atomic E-state index is 12.5. The smallest absolute Gasteiger partial charge is 0.350 e. The quantitative estimate of drug-likeness (QED) is 0.886. The Morgan fingerprint density at radius 1 is 1.37 bits per heavy atom. The van der Waals surface area contributed by atoms with Gasteiger partial charge in [-0.15, -0.1) is 0 Å². The molecule has 0 radical (unpaired) electrons. The molecule has 1 atom stereocenters. The van der Waals surface area contributed by atoms with Gasteiger partial charge in [-0.2, -0.15) is 13.2 Å². The van der Waals surface area contributed by atoms with E-state index in [1.54, 1.807) is 13.8 Å². The number of carbonyl (C=O) groups excluding carboxylic acids is 1. The highest BCUT2D eigenvalue weighted by Gasteiger charge is 2.30. The Balaban J connectivity index is 2.72. The molecule has 0 heterocycles. The van der Waals surface area contributed by atoms with Crippen LogP contribution in [-0.2, 0) is 17.5 Å². The van der Waals surface area contributed by atoms with E-state index >= 15 is 0 Å². The predicted octanol–water partition coefficient (Wildman–Crippen LogP) is 2.45. The summed E-state index contributed by atoms with van der Waals surface area (Å²) in [5.74, 6) is -0.382. The zero-order chi connectivity index (χ0) is 14.7. The number of halogens is 3. The summed E-state index contributed by atoms with van der Waals surface area (Å²) in [4.78, 5) is 11.7. The van der Waals surface area contributed by atoms with Gasteiger partial charge in [0, 0.05) is 6.54 Å². The molecule has 0 fully saturated rings. The molecular weight excluding hydrogens is 257 g/mol. The van der Waals surface area contributed by atoms with E-state index in [0.29, 0.717) is 12.0 Å². The van der Waals surface area contributed by atoms with Gasteiger partial charge in [0.15, 0.2) is 0 Å². The zero-order valence-electron chi connectivity index (χ0n) is 10.8. The van der Waals surface area contributed by atoms with Gasteiger partial charge in [0.1, 0.15) is 0 Å². The summed E-state index contributed by atoms with van der Waals surface area (Å²) in [6.45, 7) is 3.37. The number of nitrogens with two attached hydrogens (primary N) is 1. The summed E-state index contributed by atoms with van der Waals surface area (Å²) in [5, 5.41) is 2.54. The van der Waals surface area contributed by atoms with Crippen molar-refractivity contribution in [2.75, 3.05) is 0 Å². The normalized spacial score (nSPS) is 14.8. The van der Waals surface area contributed by atoms with E-state index in [0.717, 1.165) is 12.1 Å². The second kappa shape index (κ2) is 5.61. The van der Waals surface area contributed by atoms with Crippen LogP contribution >= 0.6 is 0 Å². The first-order valence-corrected chi connectivity index (χ1v) is 5.90. The molecule has 1 aromatic rings. The lowest BCUT2D eigenvalue weighted by atomic mass is 9.99. The van der Waals surface area contributed by atoms with Gasteiger partial charge in [0.25, 0.3) is 0 Å². The number of carbonyl (C=O) groups is 1. The molecule has 0 aliphatic rings. The van der Waals surface area contributed by atoms with E-state index in [-0.39, 0.29) is 12.5 Å². The standard InChI is InChI=1S/C13H17F3N2O/c1-3-12(2,17)11(19)18-8-9-5-4-6-10(7-9)13(14,15)16/h4-7H,3,8,17H2,1-2H3,(H,18,19). The molecule has 1 rings (SSSR count). The molecular formula is C13H17F3N2O. The summed E-state index contributed by atoms with van der Waals surface area (Å²) in [6, 6.07) is 4.84. The van der Waals surface area contributed by atoms with Gasteiger partial charge in [-0.25, -0.2) is 0 Å². The minimum absolute atomic E-state index is 0.0234. The number of hydrogen-bond acceptors (Lipinski definition) is 2. The van der Waals surface area contributed by atoms with Crippen LogP contribution in [0.5, 0.6) is 0 Å². The first kappa shape index (κ1) is 15.5. The highest BCUT2D eigenvalue weighted by molar-refractivity contribution is 5.85. The van der Waals surface area contributed by atoms with E-state index in [1.165, 1.54) is 12.1 Å². The maximum atomic E-state index is 12.5. The van der Waals surface area contributed by atoms with Crippen LogP contribution in [0.1, 0.15) is 31.4 Å². The van der Waals surface area contributed by atoms with Gasteiger partial charge in [-0.05, 0) is 31.0 Å². The monoisotopic (exact) mass is 274 g/mol. The van der Waals surface area contributed by atoms with Gasteiger partial charge < -0.3 is 11.1 Å². The molecule has 1 aromatic carbocycles.